The van der Waals surface area contributed by atoms with Crippen LogP contribution in [-0.2, 0) is 19.1 Å². The van der Waals surface area contributed by atoms with Crippen LogP contribution in [0.3, 0.4) is 0 Å². The monoisotopic (exact) mass is 588 g/mol. The molecular weight excluding hydrogens is 548 g/mol. The summed E-state index contributed by atoms with van der Waals surface area (Å²) in [7, 11) is 1.49. The van der Waals surface area contributed by atoms with Crippen LogP contribution in [0.2, 0.25) is 0 Å². The molecule has 4 saturated carbocycles. The summed E-state index contributed by atoms with van der Waals surface area (Å²) in [4.78, 5) is 24.2. The second-order valence-corrected chi connectivity index (χ2v) is 14.1. The molecule has 0 aromatic rings. The van der Waals surface area contributed by atoms with E-state index in [0.717, 1.165) is 37.5 Å². The van der Waals surface area contributed by atoms with E-state index in [9.17, 15) is 9.59 Å². The average Bonchev–Trinajstić information content (AvgIpc) is 3.13. The third kappa shape index (κ3) is 4.36. The van der Waals surface area contributed by atoms with Gasteiger partial charge in [0.15, 0.2) is 0 Å². The second kappa shape index (κ2) is 9.75. The fourth-order valence-electron chi connectivity index (χ4n) is 9.13. The predicted molar refractivity (Wildman–Crippen MR) is 137 cm³/mol. The first kappa shape index (κ1) is 26.0. The zero-order valence-corrected chi connectivity index (χ0v) is 24.1. The highest BCUT2D eigenvalue weighted by atomic mass is 79.9. The summed E-state index contributed by atoms with van der Waals surface area (Å²) in [6.07, 6.45) is 9.85. The lowest BCUT2D eigenvalue weighted by atomic mass is 9.44. The van der Waals surface area contributed by atoms with Crippen molar-refractivity contribution in [2.45, 2.75) is 101 Å². The van der Waals surface area contributed by atoms with E-state index in [4.69, 9.17) is 9.47 Å². The molecule has 0 bridgehead atoms. The number of methoxy groups -OCH3 is 1. The summed E-state index contributed by atoms with van der Waals surface area (Å²) in [6, 6.07) is 0. The Morgan fingerprint density at radius 3 is 2.48 bits per heavy atom. The van der Waals surface area contributed by atoms with Crippen LogP contribution >= 0.6 is 31.9 Å². The van der Waals surface area contributed by atoms with Crippen molar-refractivity contribution in [2.75, 3.05) is 7.11 Å². The van der Waals surface area contributed by atoms with E-state index in [0.29, 0.717) is 45.2 Å². The minimum absolute atomic E-state index is 0.0883. The van der Waals surface area contributed by atoms with Gasteiger partial charge in [-0.1, -0.05) is 52.6 Å². The molecule has 4 aliphatic carbocycles. The van der Waals surface area contributed by atoms with Crippen molar-refractivity contribution in [1.82, 2.24) is 0 Å². The predicted octanol–water partition coefficient (Wildman–Crippen LogP) is 6.91. The minimum Gasteiger partial charge on any atom is -0.469 e. The Bertz CT molecular complexity index is 758. The first-order valence-electron chi connectivity index (χ1n) is 13.1. The van der Waals surface area contributed by atoms with E-state index in [1.54, 1.807) is 6.92 Å². The van der Waals surface area contributed by atoms with Crippen LogP contribution in [0.25, 0.3) is 0 Å². The molecule has 4 fully saturated rings. The van der Waals surface area contributed by atoms with Crippen LogP contribution in [0.4, 0.5) is 0 Å². The Hall–Kier alpha value is -0.100. The molecule has 0 aliphatic heterocycles. The summed E-state index contributed by atoms with van der Waals surface area (Å²) in [6.45, 7) is 8.98. The van der Waals surface area contributed by atoms with Crippen LogP contribution in [0.5, 0.6) is 0 Å². The van der Waals surface area contributed by atoms with E-state index in [2.05, 4.69) is 52.6 Å². The van der Waals surface area contributed by atoms with E-state index < -0.39 is 0 Å². The number of esters is 2. The van der Waals surface area contributed by atoms with Gasteiger partial charge < -0.3 is 9.47 Å². The molecule has 0 aromatic carbocycles. The summed E-state index contributed by atoms with van der Waals surface area (Å²) in [5.74, 6) is 3.69. The van der Waals surface area contributed by atoms with Crippen molar-refractivity contribution in [3.05, 3.63) is 0 Å². The third-order valence-corrected chi connectivity index (χ3v) is 14.1. The molecule has 4 rings (SSSR count). The van der Waals surface area contributed by atoms with Gasteiger partial charge in [-0.15, -0.1) is 0 Å². The lowest BCUT2D eigenvalue weighted by Crippen LogP contribution is -2.62. The van der Waals surface area contributed by atoms with Crippen LogP contribution < -0.4 is 0 Å². The zero-order chi connectivity index (χ0) is 24.1. The lowest BCUT2D eigenvalue weighted by Gasteiger charge is -2.64. The molecular formula is C27H42Br2O4. The molecule has 4 aliphatic rings. The molecule has 33 heavy (non-hydrogen) atoms. The zero-order valence-electron chi connectivity index (χ0n) is 20.9. The van der Waals surface area contributed by atoms with Crippen molar-refractivity contribution >= 4 is 43.8 Å². The van der Waals surface area contributed by atoms with Crippen LogP contribution in [0.1, 0.15) is 85.5 Å². The number of hydrogen-bond acceptors (Lipinski definition) is 4. The summed E-state index contributed by atoms with van der Waals surface area (Å²) in [5.41, 5.74) is 0.540. The maximum atomic E-state index is 11.8. The van der Waals surface area contributed by atoms with E-state index in [1.165, 1.54) is 32.8 Å². The van der Waals surface area contributed by atoms with Gasteiger partial charge in [0.25, 0.3) is 0 Å². The molecule has 0 spiro atoms. The van der Waals surface area contributed by atoms with Gasteiger partial charge >= 0.3 is 11.9 Å². The maximum Gasteiger partial charge on any atom is 0.305 e. The van der Waals surface area contributed by atoms with Crippen LogP contribution in [-0.4, -0.2) is 34.8 Å². The number of rotatable bonds is 5. The van der Waals surface area contributed by atoms with Crippen LogP contribution in [0.15, 0.2) is 0 Å². The number of carbonyl (C=O) groups excluding carboxylic acids is 2. The number of alkyl halides is 2. The number of fused-ring (bicyclic) bond motifs is 5. The fourth-order valence-corrected chi connectivity index (χ4v) is 11.7. The molecule has 0 radical (unpaired) electrons. The van der Waals surface area contributed by atoms with Crippen molar-refractivity contribution < 1.29 is 19.1 Å². The highest BCUT2D eigenvalue weighted by molar-refractivity contribution is 9.12. The van der Waals surface area contributed by atoms with E-state index >= 15 is 0 Å². The van der Waals surface area contributed by atoms with E-state index in [-0.39, 0.29) is 23.5 Å². The van der Waals surface area contributed by atoms with Gasteiger partial charge in [0, 0.05) is 23.0 Å². The second-order valence-electron chi connectivity index (χ2n) is 12.1. The number of hydrogen-bond donors (Lipinski definition) is 0. The molecule has 4 nitrogen and oxygen atoms in total. The van der Waals surface area contributed by atoms with Gasteiger partial charge in [0.1, 0.15) is 6.10 Å². The molecule has 0 N–H and O–H groups in total. The van der Waals surface area contributed by atoms with Gasteiger partial charge in [0.05, 0.1) is 7.11 Å². The molecule has 0 aromatic heterocycles. The Balaban J connectivity index is 1.55. The maximum absolute atomic E-state index is 11.8. The first-order valence-corrected chi connectivity index (χ1v) is 14.9. The minimum atomic E-state index is -0.136. The molecule has 11 atom stereocenters. The molecule has 0 amide bonds. The Labute approximate surface area is 216 Å². The van der Waals surface area contributed by atoms with Gasteiger partial charge in [-0.25, -0.2) is 0 Å². The smallest absolute Gasteiger partial charge is 0.305 e. The Morgan fingerprint density at radius 2 is 1.82 bits per heavy atom. The van der Waals surface area contributed by atoms with Gasteiger partial charge in [-0.2, -0.15) is 0 Å². The fraction of sp³-hybridized carbons (Fsp3) is 0.926. The van der Waals surface area contributed by atoms with Crippen molar-refractivity contribution in [3.8, 4) is 0 Å². The molecule has 0 saturated heterocycles. The average molecular weight is 590 g/mol. The quantitative estimate of drug-likeness (QED) is 0.258. The molecule has 6 heteroatoms. The standard InChI is InChI=1S/C27H42Br2O4/c1-15(6-11-22(31)32-5)20-9-10-21-19-8-7-17-14-18(33-16(2)30)12-13-26(17,3)23(19)24(28)25(29)27(20,21)4/h15,17-21,23-25H,6-14H2,1-5H3/t15-,17+,18-,19+,20-,21+,23-,24-,25+,26+,27-/m1/s1. The van der Waals surface area contributed by atoms with Gasteiger partial charge in [-0.05, 0) is 97.7 Å². The Kier molecular flexibility index (Phi) is 7.67. The highest BCUT2D eigenvalue weighted by Crippen LogP contribution is 2.70. The van der Waals surface area contributed by atoms with Crippen molar-refractivity contribution in [2.24, 2.45) is 46.3 Å². The normalized spacial score (nSPS) is 47.6. The van der Waals surface area contributed by atoms with Crippen molar-refractivity contribution in [1.29, 1.82) is 0 Å². The van der Waals surface area contributed by atoms with Gasteiger partial charge in [-0.3, -0.25) is 9.59 Å². The SMILES string of the molecule is COC(=O)CC[C@@H](C)[C@H]1CC[C@H]2[C@@H]3CC[C@H]4C[C@H](OC(C)=O)CC[C@]4(C)[C@H]3[C@@H](Br)[C@H](Br)[C@]12C. The lowest BCUT2D eigenvalue weighted by molar-refractivity contribution is -0.158. The number of carbonyl (C=O) groups is 2. The number of halogens is 2. The number of ether oxygens (including phenoxy) is 2. The third-order valence-electron chi connectivity index (χ3n) is 10.7. The summed E-state index contributed by atoms with van der Waals surface area (Å²) in [5, 5.41) is 0. The molecule has 0 heterocycles. The van der Waals surface area contributed by atoms with Gasteiger partial charge in [0.2, 0.25) is 0 Å². The van der Waals surface area contributed by atoms with E-state index in [1.807, 2.05) is 0 Å². The van der Waals surface area contributed by atoms with Crippen molar-refractivity contribution in [3.63, 3.8) is 0 Å². The largest absolute Gasteiger partial charge is 0.469 e. The summed E-state index contributed by atoms with van der Waals surface area (Å²) < 4.78 is 10.6. The summed E-state index contributed by atoms with van der Waals surface area (Å²) >= 11 is 8.52. The molecule has 188 valence electrons. The Morgan fingerprint density at radius 1 is 1.09 bits per heavy atom. The topological polar surface area (TPSA) is 52.6 Å². The van der Waals surface area contributed by atoms with Crippen LogP contribution in [0, 0.1) is 46.3 Å². The molecule has 0 unspecified atom stereocenters. The first-order chi connectivity index (χ1) is 15.5. The highest BCUT2D eigenvalue weighted by Gasteiger charge is 2.66.